The summed E-state index contributed by atoms with van der Waals surface area (Å²) in [6.45, 7) is 0.406. The van der Waals surface area contributed by atoms with Gasteiger partial charge in [-0.2, -0.15) is 0 Å². The van der Waals surface area contributed by atoms with Crippen molar-refractivity contribution in [2.24, 2.45) is 0 Å². The summed E-state index contributed by atoms with van der Waals surface area (Å²) in [7, 11) is 0. The van der Waals surface area contributed by atoms with Gasteiger partial charge in [0.05, 0.1) is 6.42 Å². The first-order chi connectivity index (χ1) is 26.0. The van der Waals surface area contributed by atoms with Gasteiger partial charge in [0.1, 0.15) is 18.2 Å². The van der Waals surface area contributed by atoms with E-state index in [2.05, 4.69) is 28.1 Å². The Morgan fingerprint density at radius 2 is 1.04 bits per heavy atom. The average molecular weight is 700 g/mol. The Morgan fingerprint density at radius 1 is 0.585 bits per heavy atom. The van der Waals surface area contributed by atoms with E-state index in [0.29, 0.717) is 13.0 Å². The molecule has 7 heteroatoms. The van der Waals surface area contributed by atoms with E-state index < -0.39 is 29.5 Å². The molecule has 3 N–H and O–H groups in total. The van der Waals surface area contributed by atoms with E-state index in [1.54, 1.807) is 0 Å². The van der Waals surface area contributed by atoms with Gasteiger partial charge in [-0.25, -0.2) is 4.79 Å². The lowest BCUT2D eigenvalue weighted by Gasteiger charge is -2.37. The number of nitrogens with one attached hydrogen (secondary N) is 3. The lowest BCUT2D eigenvalue weighted by atomic mass is 9.77. The summed E-state index contributed by atoms with van der Waals surface area (Å²) >= 11 is 0. The lowest BCUT2D eigenvalue weighted by molar-refractivity contribution is -0.128. The quantitative estimate of drug-likeness (QED) is 0.108. The predicted molar refractivity (Wildman–Crippen MR) is 207 cm³/mol. The van der Waals surface area contributed by atoms with Crippen LogP contribution in [0.2, 0.25) is 0 Å². The number of amides is 3. The number of alkyl carbamates (subject to hydrolysis) is 1. The fraction of sp³-hybridized carbons (Fsp3) is 0.152. The largest absolute Gasteiger partial charge is 0.449 e. The number of hydrogen-bond acceptors (Lipinski definition) is 4. The molecule has 7 nitrogen and oxygen atoms in total. The second kappa shape index (κ2) is 16.3. The zero-order valence-corrected chi connectivity index (χ0v) is 29.3. The molecule has 0 spiro atoms. The summed E-state index contributed by atoms with van der Waals surface area (Å²) in [5.41, 5.74) is 6.90. The maximum Gasteiger partial charge on any atom is 0.407 e. The molecule has 0 aliphatic heterocycles. The summed E-state index contributed by atoms with van der Waals surface area (Å²) in [6, 6.07) is 54.0. The minimum Gasteiger partial charge on any atom is -0.449 e. The normalized spacial score (nSPS) is 12.5. The van der Waals surface area contributed by atoms with Crippen molar-refractivity contribution in [2.75, 3.05) is 13.2 Å². The summed E-state index contributed by atoms with van der Waals surface area (Å²) in [5, 5.41) is 8.98. The van der Waals surface area contributed by atoms with E-state index in [1.807, 2.05) is 158 Å². The van der Waals surface area contributed by atoms with E-state index >= 15 is 0 Å². The Kier molecular flexibility index (Phi) is 10.7. The average Bonchev–Trinajstić information content (AvgIpc) is 3.53. The third-order valence-electron chi connectivity index (χ3n) is 9.84. The van der Waals surface area contributed by atoms with Crippen molar-refractivity contribution in [3.8, 4) is 11.1 Å². The van der Waals surface area contributed by atoms with E-state index in [4.69, 9.17) is 4.74 Å². The van der Waals surface area contributed by atoms with Crippen molar-refractivity contribution in [3.63, 3.8) is 0 Å². The topological polar surface area (TPSA) is 96.5 Å². The maximum absolute atomic E-state index is 14.3. The van der Waals surface area contributed by atoms with E-state index in [0.717, 1.165) is 44.5 Å². The van der Waals surface area contributed by atoms with Gasteiger partial charge < -0.3 is 20.7 Å². The molecule has 7 rings (SSSR count). The van der Waals surface area contributed by atoms with Crippen LogP contribution in [0.15, 0.2) is 170 Å². The van der Waals surface area contributed by atoms with Crippen LogP contribution in [0.25, 0.3) is 11.1 Å². The Bertz CT molecular complexity index is 2020. The van der Waals surface area contributed by atoms with E-state index in [-0.39, 0.29) is 18.9 Å². The molecule has 0 saturated heterocycles. The standard InChI is InChI=1S/C46H41N3O4/c50-43(49-46(34-19-7-2-8-20-34,35-21-9-3-10-22-35)36-23-11-4-12-24-36)31-42(44(51)47-30-29-33-17-5-1-6-18-33)48-45(52)53-32-41-39-27-15-13-25-37(39)38-26-14-16-28-40(38)41/h1-28,41-42H,29-32H2,(H,47,51)(H,48,52)(H,49,50)/t42-/m1/s1. The lowest BCUT2D eigenvalue weighted by Crippen LogP contribution is -2.53. The van der Waals surface area contributed by atoms with Gasteiger partial charge in [-0.1, -0.05) is 170 Å². The molecule has 6 aromatic carbocycles. The first-order valence-electron chi connectivity index (χ1n) is 17.9. The van der Waals surface area contributed by atoms with E-state index in [1.165, 1.54) is 0 Å². The highest BCUT2D eigenvalue weighted by Crippen LogP contribution is 2.44. The second-order valence-corrected chi connectivity index (χ2v) is 13.1. The molecule has 0 saturated carbocycles. The van der Waals surface area contributed by atoms with Crippen molar-refractivity contribution < 1.29 is 19.1 Å². The second-order valence-electron chi connectivity index (χ2n) is 13.1. The molecule has 1 atom stereocenters. The number of hydrogen-bond donors (Lipinski definition) is 3. The van der Waals surface area contributed by atoms with Gasteiger partial charge in [0.15, 0.2) is 0 Å². The number of ether oxygens (including phenoxy) is 1. The number of carbonyl (C=O) groups excluding carboxylic acids is 3. The van der Waals surface area contributed by atoms with Crippen molar-refractivity contribution in [3.05, 3.63) is 203 Å². The summed E-state index contributed by atoms with van der Waals surface area (Å²) in [5.74, 6) is -1.06. The van der Waals surface area contributed by atoms with Crippen molar-refractivity contribution in [2.45, 2.75) is 30.3 Å². The van der Waals surface area contributed by atoms with Crippen molar-refractivity contribution in [1.29, 1.82) is 0 Å². The Labute approximate surface area is 310 Å². The third-order valence-corrected chi connectivity index (χ3v) is 9.84. The highest BCUT2D eigenvalue weighted by atomic mass is 16.5. The molecule has 0 heterocycles. The van der Waals surface area contributed by atoms with Gasteiger partial charge in [-0.15, -0.1) is 0 Å². The molecule has 53 heavy (non-hydrogen) atoms. The molecule has 0 bridgehead atoms. The molecule has 0 radical (unpaired) electrons. The summed E-state index contributed by atoms with van der Waals surface area (Å²) in [6.07, 6.45) is -0.506. The molecule has 0 aromatic heterocycles. The van der Waals surface area contributed by atoms with Gasteiger partial charge in [-0.05, 0) is 50.9 Å². The van der Waals surface area contributed by atoms with Crippen molar-refractivity contribution in [1.82, 2.24) is 16.0 Å². The summed E-state index contributed by atoms with van der Waals surface area (Å²) < 4.78 is 5.82. The number of fused-ring (bicyclic) bond motifs is 3. The molecule has 6 aromatic rings. The van der Waals surface area contributed by atoms with Crippen LogP contribution >= 0.6 is 0 Å². The number of benzene rings is 6. The van der Waals surface area contributed by atoms with Crippen LogP contribution in [-0.2, 0) is 26.3 Å². The fourth-order valence-electron chi connectivity index (χ4n) is 7.32. The molecule has 3 amide bonds. The molecule has 0 unspecified atom stereocenters. The van der Waals surface area contributed by atoms with Crippen LogP contribution < -0.4 is 16.0 Å². The monoisotopic (exact) mass is 699 g/mol. The van der Waals surface area contributed by atoms with Gasteiger partial charge >= 0.3 is 6.09 Å². The zero-order chi connectivity index (χ0) is 36.5. The van der Waals surface area contributed by atoms with Crippen LogP contribution in [0.3, 0.4) is 0 Å². The van der Waals surface area contributed by atoms with Crippen molar-refractivity contribution >= 4 is 17.9 Å². The Hall–Kier alpha value is -6.47. The van der Waals surface area contributed by atoms with Crippen LogP contribution in [-0.4, -0.2) is 37.1 Å². The highest BCUT2D eigenvalue weighted by molar-refractivity contribution is 5.91. The van der Waals surface area contributed by atoms with Crippen LogP contribution in [0.1, 0.15) is 45.7 Å². The number of rotatable bonds is 13. The predicted octanol–water partition coefficient (Wildman–Crippen LogP) is 7.75. The molecular formula is C46H41N3O4. The molecule has 1 aliphatic rings. The summed E-state index contributed by atoms with van der Waals surface area (Å²) in [4.78, 5) is 41.7. The smallest absolute Gasteiger partial charge is 0.407 e. The van der Waals surface area contributed by atoms with Crippen LogP contribution in [0.4, 0.5) is 4.79 Å². The highest BCUT2D eigenvalue weighted by Gasteiger charge is 2.39. The van der Waals surface area contributed by atoms with Gasteiger partial charge in [0.2, 0.25) is 11.8 Å². The fourth-order valence-corrected chi connectivity index (χ4v) is 7.32. The van der Waals surface area contributed by atoms with Gasteiger partial charge in [0, 0.05) is 12.5 Å². The SMILES string of the molecule is O=C(C[C@@H](NC(=O)OCC1c2ccccc2-c2ccccc21)C(=O)NCCc1ccccc1)NC(c1ccccc1)(c1ccccc1)c1ccccc1. The number of carbonyl (C=O) groups is 3. The first kappa shape index (κ1) is 35.0. The van der Waals surface area contributed by atoms with Gasteiger partial charge in [0.25, 0.3) is 0 Å². The molecular weight excluding hydrogens is 659 g/mol. The molecule has 264 valence electrons. The minimum absolute atomic E-state index is 0.0769. The third kappa shape index (κ3) is 7.75. The van der Waals surface area contributed by atoms with Crippen LogP contribution in [0, 0.1) is 0 Å². The Morgan fingerprint density at radius 3 is 1.55 bits per heavy atom. The Balaban J connectivity index is 1.13. The maximum atomic E-state index is 14.3. The molecule has 1 aliphatic carbocycles. The molecule has 0 fully saturated rings. The zero-order valence-electron chi connectivity index (χ0n) is 29.3. The van der Waals surface area contributed by atoms with Gasteiger partial charge in [-0.3, -0.25) is 9.59 Å². The van der Waals surface area contributed by atoms with E-state index in [9.17, 15) is 14.4 Å². The minimum atomic E-state index is -1.21. The van der Waals surface area contributed by atoms with Crippen LogP contribution in [0.5, 0.6) is 0 Å². The first-order valence-corrected chi connectivity index (χ1v) is 17.9.